The van der Waals surface area contributed by atoms with Crippen molar-refractivity contribution in [2.75, 3.05) is 15.8 Å². The summed E-state index contributed by atoms with van der Waals surface area (Å²) in [6, 6.07) is 4.91. The Hall–Kier alpha value is -2.09. The summed E-state index contributed by atoms with van der Waals surface area (Å²) < 4.78 is 26.1. The highest BCUT2D eigenvalue weighted by Gasteiger charge is 2.16. The van der Waals surface area contributed by atoms with Crippen molar-refractivity contribution < 1.29 is 23.1 Å². The first-order valence-corrected chi connectivity index (χ1v) is 8.16. The van der Waals surface area contributed by atoms with E-state index < -0.39 is 16.0 Å². The van der Waals surface area contributed by atoms with Crippen LogP contribution in [0.15, 0.2) is 18.2 Å². The van der Waals surface area contributed by atoms with Gasteiger partial charge >= 0.3 is 5.97 Å². The standard InChI is InChI=1S/C13H16N2O5S/c16-12-6-3-9-8-10(4-5-11(9)14-12)15-21(19,20)7-1-2-13(17)18/h4-5,8,15H,1-3,6-7H2,(H,14,16)(H,17,18). The average molecular weight is 312 g/mol. The van der Waals surface area contributed by atoms with E-state index in [1.54, 1.807) is 18.2 Å². The number of hydrogen-bond donors (Lipinski definition) is 3. The fraction of sp³-hybridized carbons (Fsp3) is 0.385. The van der Waals surface area contributed by atoms with E-state index in [-0.39, 0.29) is 24.5 Å². The minimum atomic E-state index is -3.57. The van der Waals surface area contributed by atoms with Crippen LogP contribution in [0.1, 0.15) is 24.8 Å². The predicted octanol–water partition coefficient (Wildman–Crippen LogP) is 1.18. The number of nitrogens with one attached hydrogen (secondary N) is 2. The molecule has 8 heteroatoms. The molecule has 3 N–H and O–H groups in total. The number of carboxylic acid groups (broad SMARTS) is 1. The molecule has 1 aromatic carbocycles. The molecule has 0 aromatic heterocycles. The second-order valence-electron chi connectivity index (χ2n) is 4.84. The number of hydrogen-bond acceptors (Lipinski definition) is 4. The van der Waals surface area contributed by atoms with Crippen molar-refractivity contribution in [3.05, 3.63) is 23.8 Å². The molecule has 0 radical (unpaired) electrons. The molecule has 1 aliphatic rings. The van der Waals surface area contributed by atoms with E-state index in [0.29, 0.717) is 24.2 Å². The first kappa shape index (κ1) is 15.3. The van der Waals surface area contributed by atoms with Gasteiger partial charge in [0.1, 0.15) is 0 Å². The van der Waals surface area contributed by atoms with Crippen LogP contribution in [0.25, 0.3) is 0 Å². The minimum Gasteiger partial charge on any atom is -0.481 e. The highest BCUT2D eigenvalue weighted by atomic mass is 32.2. The first-order chi connectivity index (χ1) is 9.85. The van der Waals surface area contributed by atoms with Gasteiger partial charge in [0, 0.05) is 24.2 Å². The summed E-state index contributed by atoms with van der Waals surface area (Å²) in [4.78, 5) is 21.6. The van der Waals surface area contributed by atoms with E-state index >= 15 is 0 Å². The van der Waals surface area contributed by atoms with Crippen LogP contribution in [-0.4, -0.2) is 31.2 Å². The molecular weight excluding hydrogens is 296 g/mol. The SMILES string of the molecule is O=C(O)CCCS(=O)(=O)Nc1ccc2c(c1)CCC(=O)N2. The highest BCUT2D eigenvalue weighted by molar-refractivity contribution is 7.92. The largest absolute Gasteiger partial charge is 0.481 e. The smallest absolute Gasteiger partial charge is 0.303 e. The molecule has 0 aliphatic carbocycles. The average Bonchev–Trinajstić information content (AvgIpc) is 2.37. The van der Waals surface area contributed by atoms with Gasteiger partial charge in [0.2, 0.25) is 15.9 Å². The number of rotatable bonds is 6. The van der Waals surface area contributed by atoms with E-state index in [9.17, 15) is 18.0 Å². The van der Waals surface area contributed by atoms with Crippen molar-refractivity contribution in [3.63, 3.8) is 0 Å². The molecule has 0 spiro atoms. The van der Waals surface area contributed by atoms with Crippen molar-refractivity contribution in [2.24, 2.45) is 0 Å². The molecule has 0 atom stereocenters. The van der Waals surface area contributed by atoms with Crippen LogP contribution in [0.2, 0.25) is 0 Å². The summed E-state index contributed by atoms with van der Waals surface area (Å²) in [7, 11) is -3.57. The number of carboxylic acids is 1. The van der Waals surface area contributed by atoms with Gasteiger partial charge in [0.05, 0.1) is 5.75 Å². The van der Waals surface area contributed by atoms with Gasteiger partial charge in [-0.2, -0.15) is 0 Å². The Morgan fingerprint density at radius 1 is 1.33 bits per heavy atom. The highest BCUT2D eigenvalue weighted by Crippen LogP contribution is 2.26. The van der Waals surface area contributed by atoms with Crippen LogP contribution in [0.5, 0.6) is 0 Å². The molecule has 1 aliphatic heterocycles. The summed E-state index contributed by atoms with van der Waals surface area (Å²) in [5.41, 5.74) is 1.99. The minimum absolute atomic E-state index is 0.0514. The molecular formula is C13H16N2O5S. The third-order valence-electron chi connectivity index (χ3n) is 3.08. The Morgan fingerprint density at radius 2 is 2.10 bits per heavy atom. The van der Waals surface area contributed by atoms with Crippen molar-refractivity contribution in [1.29, 1.82) is 0 Å². The third kappa shape index (κ3) is 4.45. The molecule has 114 valence electrons. The molecule has 1 aromatic rings. The molecule has 2 rings (SSSR count). The lowest BCUT2D eigenvalue weighted by Gasteiger charge is -2.18. The van der Waals surface area contributed by atoms with E-state index in [1.165, 1.54) is 0 Å². The maximum atomic E-state index is 11.8. The summed E-state index contributed by atoms with van der Waals surface area (Å²) in [6.45, 7) is 0. The van der Waals surface area contributed by atoms with E-state index in [0.717, 1.165) is 5.56 Å². The van der Waals surface area contributed by atoms with Gasteiger partial charge in [-0.3, -0.25) is 14.3 Å². The Labute approximate surface area is 122 Å². The van der Waals surface area contributed by atoms with Gasteiger partial charge in [-0.15, -0.1) is 0 Å². The molecule has 7 nitrogen and oxygen atoms in total. The Balaban J connectivity index is 2.02. The van der Waals surface area contributed by atoms with Gasteiger partial charge in [0.15, 0.2) is 0 Å². The lowest BCUT2D eigenvalue weighted by Crippen LogP contribution is -2.20. The van der Waals surface area contributed by atoms with Crippen LogP contribution in [0.3, 0.4) is 0 Å². The van der Waals surface area contributed by atoms with Crippen LogP contribution in [-0.2, 0) is 26.0 Å². The number of sulfonamides is 1. The van der Waals surface area contributed by atoms with Crippen molar-refractivity contribution >= 4 is 33.3 Å². The topological polar surface area (TPSA) is 113 Å². The molecule has 1 amide bonds. The van der Waals surface area contributed by atoms with Crippen LogP contribution in [0.4, 0.5) is 11.4 Å². The summed E-state index contributed by atoms with van der Waals surface area (Å²) in [5, 5.41) is 11.2. The van der Waals surface area contributed by atoms with E-state index in [1.807, 2.05) is 0 Å². The second-order valence-corrected chi connectivity index (χ2v) is 6.68. The Kier molecular flexibility index (Phi) is 4.46. The van der Waals surface area contributed by atoms with Crippen molar-refractivity contribution in [2.45, 2.75) is 25.7 Å². The van der Waals surface area contributed by atoms with Gasteiger partial charge in [-0.25, -0.2) is 8.42 Å². The van der Waals surface area contributed by atoms with Gasteiger partial charge in [-0.1, -0.05) is 0 Å². The van der Waals surface area contributed by atoms with Crippen LogP contribution < -0.4 is 10.0 Å². The number of anilines is 2. The number of amides is 1. The number of carbonyl (C=O) groups is 2. The van der Waals surface area contributed by atoms with Gasteiger partial charge < -0.3 is 10.4 Å². The van der Waals surface area contributed by atoms with Crippen molar-refractivity contribution in [3.8, 4) is 0 Å². The molecule has 21 heavy (non-hydrogen) atoms. The fourth-order valence-corrected chi connectivity index (χ4v) is 3.20. The Morgan fingerprint density at radius 3 is 2.81 bits per heavy atom. The molecule has 0 unspecified atom stereocenters. The van der Waals surface area contributed by atoms with Crippen LogP contribution >= 0.6 is 0 Å². The second kappa shape index (κ2) is 6.13. The summed E-state index contributed by atoms with van der Waals surface area (Å²) >= 11 is 0. The van der Waals surface area contributed by atoms with Gasteiger partial charge in [0.25, 0.3) is 0 Å². The normalized spacial score (nSPS) is 14.2. The molecule has 0 bridgehead atoms. The van der Waals surface area contributed by atoms with Crippen molar-refractivity contribution in [1.82, 2.24) is 0 Å². The Bertz CT molecular complexity index is 669. The van der Waals surface area contributed by atoms with E-state index in [4.69, 9.17) is 5.11 Å². The lowest BCUT2D eigenvalue weighted by molar-refractivity contribution is -0.137. The number of aryl methyl sites for hydroxylation is 1. The van der Waals surface area contributed by atoms with E-state index in [2.05, 4.69) is 10.0 Å². The number of carbonyl (C=O) groups excluding carboxylic acids is 1. The monoisotopic (exact) mass is 312 g/mol. The third-order valence-corrected chi connectivity index (χ3v) is 4.45. The quantitative estimate of drug-likeness (QED) is 0.730. The lowest BCUT2D eigenvalue weighted by atomic mass is 10.0. The number of fused-ring (bicyclic) bond motifs is 1. The maximum absolute atomic E-state index is 11.8. The summed E-state index contributed by atoms with van der Waals surface area (Å²) in [5.74, 6) is -1.31. The fourth-order valence-electron chi connectivity index (χ4n) is 2.09. The molecule has 1 heterocycles. The zero-order valence-electron chi connectivity index (χ0n) is 11.3. The number of aliphatic carboxylic acids is 1. The first-order valence-electron chi connectivity index (χ1n) is 6.51. The molecule has 0 saturated heterocycles. The van der Waals surface area contributed by atoms with Gasteiger partial charge in [-0.05, 0) is 36.6 Å². The summed E-state index contributed by atoms with van der Waals surface area (Å²) in [6.07, 6.45) is 0.820. The zero-order valence-corrected chi connectivity index (χ0v) is 12.1. The molecule has 0 fully saturated rings. The van der Waals surface area contributed by atoms with Crippen LogP contribution in [0, 0.1) is 0 Å². The number of benzene rings is 1. The molecule has 0 saturated carbocycles. The predicted molar refractivity (Wildman–Crippen MR) is 77.7 cm³/mol. The zero-order chi connectivity index (χ0) is 15.5. The maximum Gasteiger partial charge on any atom is 0.303 e.